The average molecular weight is 225 g/mol. The van der Waals surface area contributed by atoms with Crippen molar-refractivity contribution in [1.29, 1.82) is 0 Å². The molecule has 1 radical (unpaired) electrons. The van der Waals surface area contributed by atoms with Crippen LogP contribution >= 0.6 is 0 Å². The lowest BCUT2D eigenvalue weighted by molar-refractivity contribution is 0.207. The molecule has 0 aliphatic carbocycles. The lowest BCUT2D eigenvalue weighted by Gasteiger charge is -2.22. The highest BCUT2D eigenvalue weighted by atomic mass is 16.5. The van der Waals surface area contributed by atoms with Crippen LogP contribution in [0.2, 0.25) is 0 Å². The molecule has 0 saturated heterocycles. The fourth-order valence-electron chi connectivity index (χ4n) is 2.04. The van der Waals surface area contributed by atoms with Crippen LogP contribution in [0.1, 0.15) is 24.0 Å². The van der Waals surface area contributed by atoms with Crippen molar-refractivity contribution < 1.29 is 4.74 Å². The Balaban J connectivity index is 2.25. The van der Waals surface area contributed by atoms with Gasteiger partial charge in [0.25, 0.3) is 0 Å². The van der Waals surface area contributed by atoms with E-state index >= 15 is 0 Å². The van der Waals surface area contributed by atoms with E-state index in [1.807, 2.05) is 24.3 Å². The summed E-state index contributed by atoms with van der Waals surface area (Å²) in [6.45, 7) is 2.17. The molecular weight excluding hydrogens is 208 g/mol. The third kappa shape index (κ3) is 2.75. The van der Waals surface area contributed by atoms with E-state index in [-0.39, 0.29) is 5.92 Å². The standard InChI is InChI=1S/C16H17O/c1-13(14-9-5-3-6-10-14)16(17-2)15-11-7-4-8-12-15/h3-13H,1-2H3. The van der Waals surface area contributed by atoms with Crippen molar-refractivity contribution >= 4 is 0 Å². The molecule has 2 rings (SSSR count). The highest BCUT2D eigenvalue weighted by Crippen LogP contribution is 2.31. The molecule has 1 heteroatoms. The van der Waals surface area contributed by atoms with Gasteiger partial charge in [-0.2, -0.15) is 0 Å². The molecule has 1 nitrogen and oxygen atoms in total. The summed E-state index contributed by atoms with van der Waals surface area (Å²) in [5.41, 5.74) is 2.42. The molecule has 0 aliphatic rings. The van der Waals surface area contributed by atoms with Gasteiger partial charge in [-0.05, 0) is 11.1 Å². The van der Waals surface area contributed by atoms with E-state index in [0.29, 0.717) is 0 Å². The summed E-state index contributed by atoms with van der Waals surface area (Å²) < 4.78 is 5.57. The molecular formula is C16H17O. The lowest BCUT2D eigenvalue weighted by Crippen LogP contribution is -2.11. The van der Waals surface area contributed by atoms with Crippen LogP contribution in [0.5, 0.6) is 0 Å². The Morgan fingerprint density at radius 3 is 1.94 bits per heavy atom. The van der Waals surface area contributed by atoms with E-state index in [0.717, 1.165) is 11.7 Å². The molecule has 0 heterocycles. The molecule has 0 spiro atoms. The van der Waals surface area contributed by atoms with E-state index in [1.165, 1.54) is 5.56 Å². The van der Waals surface area contributed by atoms with Crippen molar-refractivity contribution in [3.8, 4) is 0 Å². The molecule has 0 N–H and O–H groups in total. The zero-order valence-corrected chi connectivity index (χ0v) is 10.3. The highest BCUT2D eigenvalue weighted by Gasteiger charge is 2.21. The fourth-order valence-corrected chi connectivity index (χ4v) is 2.04. The maximum Gasteiger partial charge on any atom is 0.133 e. The summed E-state index contributed by atoms with van der Waals surface area (Å²) >= 11 is 0. The number of ether oxygens (including phenoxy) is 1. The van der Waals surface area contributed by atoms with Crippen LogP contribution in [-0.2, 0) is 4.74 Å². The smallest absolute Gasteiger partial charge is 0.133 e. The van der Waals surface area contributed by atoms with Crippen molar-refractivity contribution in [2.75, 3.05) is 7.11 Å². The van der Waals surface area contributed by atoms with E-state index in [2.05, 4.69) is 43.3 Å². The maximum atomic E-state index is 5.57. The van der Waals surface area contributed by atoms with Crippen LogP contribution in [0.15, 0.2) is 60.7 Å². The Labute approximate surface area is 103 Å². The Bertz CT molecular complexity index is 436. The lowest BCUT2D eigenvalue weighted by atomic mass is 9.91. The van der Waals surface area contributed by atoms with Gasteiger partial charge in [-0.15, -0.1) is 0 Å². The second kappa shape index (κ2) is 5.65. The van der Waals surface area contributed by atoms with Crippen LogP contribution in [0, 0.1) is 6.10 Å². The molecule has 1 unspecified atom stereocenters. The van der Waals surface area contributed by atoms with E-state index in [9.17, 15) is 0 Å². The summed E-state index contributed by atoms with van der Waals surface area (Å²) in [5, 5.41) is 0. The third-order valence-corrected chi connectivity index (χ3v) is 2.97. The zero-order valence-electron chi connectivity index (χ0n) is 10.3. The van der Waals surface area contributed by atoms with Gasteiger partial charge in [-0.25, -0.2) is 0 Å². The van der Waals surface area contributed by atoms with Gasteiger partial charge in [0.2, 0.25) is 0 Å². The van der Waals surface area contributed by atoms with Crippen LogP contribution in [0.25, 0.3) is 0 Å². The Kier molecular flexibility index (Phi) is 3.94. The second-order valence-corrected chi connectivity index (χ2v) is 4.07. The number of hydrogen-bond acceptors (Lipinski definition) is 1. The molecule has 0 fully saturated rings. The van der Waals surface area contributed by atoms with Gasteiger partial charge >= 0.3 is 0 Å². The summed E-state index contributed by atoms with van der Waals surface area (Å²) in [7, 11) is 1.74. The minimum absolute atomic E-state index is 0.267. The summed E-state index contributed by atoms with van der Waals surface area (Å²) in [6.07, 6.45) is 1.01. The van der Waals surface area contributed by atoms with Gasteiger partial charge in [-0.1, -0.05) is 67.6 Å². The largest absolute Gasteiger partial charge is 0.369 e. The van der Waals surface area contributed by atoms with Crippen LogP contribution in [0.4, 0.5) is 0 Å². The number of hydrogen-bond donors (Lipinski definition) is 0. The predicted molar refractivity (Wildman–Crippen MR) is 70.7 cm³/mol. The summed E-state index contributed by atoms with van der Waals surface area (Å²) in [6, 6.07) is 20.7. The van der Waals surface area contributed by atoms with Crippen molar-refractivity contribution in [2.24, 2.45) is 0 Å². The maximum absolute atomic E-state index is 5.57. The topological polar surface area (TPSA) is 9.23 Å². The summed E-state index contributed by atoms with van der Waals surface area (Å²) in [5.74, 6) is 0.267. The highest BCUT2D eigenvalue weighted by molar-refractivity contribution is 5.35. The first-order valence-corrected chi connectivity index (χ1v) is 5.84. The third-order valence-electron chi connectivity index (χ3n) is 2.97. The van der Waals surface area contributed by atoms with Gasteiger partial charge in [-0.3, -0.25) is 0 Å². The van der Waals surface area contributed by atoms with Gasteiger partial charge in [0, 0.05) is 13.0 Å². The SMILES string of the molecule is CO[C](c1ccccc1)C(C)c1ccccc1. The van der Waals surface area contributed by atoms with E-state index < -0.39 is 0 Å². The number of benzene rings is 2. The Morgan fingerprint density at radius 2 is 1.41 bits per heavy atom. The van der Waals surface area contributed by atoms with Gasteiger partial charge in [0.1, 0.15) is 6.10 Å². The van der Waals surface area contributed by atoms with Crippen molar-refractivity contribution in [3.63, 3.8) is 0 Å². The fraction of sp³-hybridized carbons (Fsp3) is 0.188. The molecule has 1 atom stereocenters. The second-order valence-electron chi connectivity index (χ2n) is 4.07. The van der Waals surface area contributed by atoms with Crippen molar-refractivity contribution in [3.05, 3.63) is 77.9 Å². The van der Waals surface area contributed by atoms with Gasteiger partial charge in [0.15, 0.2) is 0 Å². The van der Waals surface area contributed by atoms with Gasteiger partial charge < -0.3 is 4.74 Å². The first kappa shape index (κ1) is 11.9. The molecule has 0 aromatic heterocycles. The van der Waals surface area contributed by atoms with E-state index in [1.54, 1.807) is 7.11 Å². The average Bonchev–Trinajstić information content (AvgIpc) is 2.42. The van der Waals surface area contributed by atoms with Crippen LogP contribution in [-0.4, -0.2) is 7.11 Å². The van der Waals surface area contributed by atoms with Crippen LogP contribution < -0.4 is 0 Å². The molecule has 17 heavy (non-hydrogen) atoms. The zero-order chi connectivity index (χ0) is 12.1. The molecule has 87 valence electrons. The molecule has 0 aliphatic heterocycles. The quantitative estimate of drug-likeness (QED) is 0.763. The summed E-state index contributed by atoms with van der Waals surface area (Å²) in [4.78, 5) is 0. The monoisotopic (exact) mass is 225 g/mol. The van der Waals surface area contributed by atoms with E-state index in [4.69, 9.17) is 4.74 Å². The Hall–Kier alpha value is -1.60. The molecule has 2 aromatic rings. The molecule has 0 amide bonds. The Morgan fingerprint density at radius 1 is 0.882 bits per heavy atom. The van der Waals surface area contributed by atoms with Crippen molar-refractivity contribution in [2.45, 2.75) is 12.8 Å². The van der Waals surface area contributed by atoms with Crippen LogP contribution in [0.3, 0.4) is 0 Å². The number of methoxy groups -OCH3 is 1. The first-order valence-electron chi connectivity index (χ1n) is 5.84. The van der Waals surface area contributed by atoms with Crippen molar-refractivity contribution in [1.82, 2.24) is 0 Å². The molecule has 2 aromatic carbocycles. The van der Waals surface area contributed by atoms with Gasteiger partial charge in [0.05, 0.1) is 0 Å². The normalized spacial score (nSPS) is 12.6. The molecule has 0 saturated carbocycles. The molecule has 0 bridgehead atoms. The minimum atomic E-state index is 0.267. The minimum Gasteiger partial charge on any atom is -0.369 e. The first-order chi connectivity index (χ1) is 8.33. The number of rotatable bonds is 4. The predicted octanol–water partition coefficient (Wildman–Crippen LogP) is 4.02.